The molecule has 0 saturated heterocycles. The maximum Gasteiger partial charge on any atom is 0.389 e. The Balaban J connectivity index is 3.46. The Morgan fingerprint density at radius 3 is 2.20 bits per heavy atom. The van der Waals surface area contributed by atoms with Gasteiger partial charge in [0.15, 0.2) is 0 Å². The molecule has 0 spiro atoms. The van der Waals surface area contributed by atoms with Crippen LogP contribution in [0.5, 0.6) is 0 Å². The zero-order chi connectivity index (χ0) is 8.20. The smallest absolute Gasteiger partial charge is 0.327 e. The lowest BCUT2D eigenvalue weighted by Gasteiger charge is -2.05. The monoisotopic (exact) mass is 153 g/mol. The van der Waals surface area contributed by atoms with E-state index >= 15 is 0 Å². The van der Waals surface area contributed by atoms with Gasteiger partial charge in [0.1, 0.15) is 0 Å². The average Bonchev–Trinajstić information content (AvgIpc) is 1.81. The first kappa shape index (κ1) is 9.49. The first-order valence-corrected chi connectivity index (χ1v) is 2.89. The molecular formula is C6H10F3N. The second-order valence-corrected chi connectivity index (χ2v) is 2.07. The summed E-state index contributed by atoms with van der Waals surface area (Å²) in [6.45, 7) is 3.49. The molecule has 0 unspecified atom stereocenters. The van der Waals surface area contributed by atoms with Crippen molar-refractivity contribution in [2.45, 2.75) is 19.0 Å². The van der Waals surface area contributed by atoms with Gasteiger partial charge in [-0.1, -0.05) is 12.2 Å². The fourth-order valence-electron chi connectivity index (χ4n) is 0.421. The van der Waals surface area contributed by atoms with Crippen LogP contribution in [0.2, 0.25) is 0 Å². The van der Waals surface area contributed by atoms with Crippen molar-refractivity contribution in [3.63, 3.8) is 0 Å². The third kappa shape index (κ3) is 5.62. The first-order valence-electron chi connectivity index (χ1n) is 2.89. The molecule has 0 aromatic heterocycles. The van der Waals surface area contributed by atoms with Crippen LogP contribution in [0.1, 0.15) is 12.8 Å². The zero-order valence-electron chi connectivity index (χ0n) is 5.54. The van der Waals surface area contributed by atoms with Crippen LogP contribution in [0.25, 0.3) is 0 Å². The Morgan fingerprint density at radius 2 is 1.90 bits per heavy atom. The Labute approximate surface area is 57.7 Å². The summed E-state index contributed by atoms with van der Waals surface area (Å²) in [5.74, 6) is 0. The van der Waals surface area contributed by atoms with Crippen LogP contribution >= 0.6 is 0 Å². The molecule has 4 heteroatoms. The van der Waals surface area contributed by atoms with Gasteiger partial charge in [-0.2, -0.15) is 13.2 Å². The van der Waals surface area contributed by atoms with E-state index in [0.29, 0.717) is 5.57 Å². The standard InChI is InChI=1S/C6H10F3N/c1-5(4-10)2-3-6(7,8)9/h1-4,10H2. The van der Waals surface area contributed by atoms with Crippen molar-refractivity contribution < 1.29 is 13.2 Å². The lowest BCUT2D eigenvalue weighted by atomic mass is 10.2. The highest BCUT2D eigenvalue weighted by atomic mass is 19.4. The molecular weight excluding hydrogens is 143 g/mol. The molecule has 0 heterocycles. The van der Waals surface area contributed by atoms with Gasteiger partial charge in [-0.25, -0.2) is 0 Å². The zero-order valence-corrected chi connectivity index (χ0v) is 5.54. The summed E-state index contributed by atoms with van der Waals surface area (Å²) in [4.78, 5) is 0. The van der Waals surface area contributed by atoms with E-state index in [-0.39, 0.29) is 13.0 Å². The van der Waals surface area contributed by atoms with Gasteiger partial charge in [-0.15, -0.1) is 0 Å². The van der Waals surface area contributed by atoms with E-state index in [1.807, 2.05) is 0 Å². The first-order chi connectivity index (χ1) is 4.45. The van der Waals surface area contributed by atoms with Gasteiger partial charge in [-0.3, -0.25) is 0 Å². The third-order valence-corrected chi connectivity index (χ3v) is 1.05. The van der Waals surface area contributed by atoms with Crippen LogP contribution in [0.3, 0.4) is 0 Å². The van der Waals surface area contributed by atoms with E-state index in [9.17, 15) is 13.2 Å². The van der Waals surface area contributed by atoms with Gasteiger partial charge in [0.2, 0.25) is 0 Å². The maximum absolute atomic E-state index is 11.5. The SMILES string of the molecule is C=C(CN)CCC(F)(F)F. The number of hydrogen-bond donors (Lipinski definition) is 1. The minimum Gasteiger partial charge on any atom is -0.327 e. The van der Waals surface area contributed by atoms with Crippen LogP contribution < -0.4 is 5.73 Å². The van der Waals surface area contributed by atoms with Gasteiger partial charge < -0.3 is 5.73 Å². The highest BCUT2D eigenvalue weighted by Crippen LogP contribution is 2.22. The molecule has 0 aromatic rings. The predicted octanol–water partition coefficient (Wildman–Crippen LogP) is 1.84. The fraction of sp³-hybridized carbons (Fsp3) is 0.667. The molecule has 10 heavy (non-hydrogen) atoms. The van der Waals surface area contributed by atoms with E-state index in [1.165, 1.54) is 0 Å². The quantitative estimate of drug-likeness (QED) is 0.615. The molecule has 0 saturated carbocycles. The molecule has 0 aliphatic rings. The Morgan fingerprint density at radius 1 is 1.40 bits per heavy atom. The highest BCUT2D eigenvalue weighted by Gasteiger charge is 2.26. The number of halogens is 3. The number of hydrogen-bond acceptors (Lipinski definition) is 1. The Kier molecular flexibility index (Phi) is 3.42. The Bertz CT molecular complexity index is 117. The predicted molar refractivity (Wildman–Crippen MR) is 33.5 cm³/mol. The molecule has 0 rings (SSSR count). The van der Waals surface area contributed by atoms with Gasteiger partial charge in [0, 0.05) is 13.0 Å². The molecule has 0 bridgehead atoms. The molecule has 0 aliphatic carbocycles. The summed E-state index contributed by atoms with van der Waals surface area (Å²) >= 11 is 0. The molecule has 0 radical (unpaired) electrons. The van der Waals surface area contributed by atoms with E-state index < -0.39 is 12.6 Å². The lowest BCUT2D eigenvalue weighted by Crippen LogP contribution is -2.10. The van der Waals surface area contributed by atoms with Crippen molar-refractivity contribution in [1.29, 1.82) is 0 Å². The summed E-state index contributed by atoms with van der Waals surface area (Å²) in [5, 5.41) is 0. The van der Waals surface area contributed by atoms with Crippen LogP contribution in [-0.2, 0) is 0 Å². The molecule has 0 fully saturated rings. The van der Waals surface area contributed by atoms with Gasteiger partial charge in [0.25, 0.3) is 0 Å². The van der Waals surface area contributed by atoms with Gasteiger partial charge in [-0.05, 0) is 6.42 Å². The van der Waals surface area contributed by atoms with Crippen LogP contribution in [0.4, 0.5) is 13.2 Å². The summed E-state index contributed by atoms with van der Waals surface area (Å²) in [7, 11) is 0. The minimum atomic E-state index is -4.09. The summed E-state index contributed by atoms with van der Waals surface area (Å²) in [5.41, 5.74) is 5.48. The Hall–Kier alpha value is -0.510. The number of alkyl halides is 3. The largest absolute Gasteiger partial charge is 0.389 e. The molecule has 2 N–H and O–H groups in total. The van der Waals surface area contributed by atoms with Crippen LogP contribution in [0.15, 0.2) is 12.2 Å². The van der Waals surface area contributed by atoms with E-state index in [1.54, 1.807) is 0 Å². The number of rotatable bonds is 3. The second-order valence-electron chi connectivity index (χ2n) is 2.07. The van der Waals surface area contributed by atoms with Gasteiger partial charge >= 0.3 is 6.18 Å². The molecule has 60 valence electrons. The molecule has 1 nitrogen and oxygen atoms in total. The van der Waals surface area contributed by atoms with Crippen molar-refractivity contribution >= 4 is 0 Å². The molecule has 0 aliphatic heterocycles. The topological polar surface area (TPSA) is 26.0 Å². The normalized spacial score (nSPS) is 11.6. The summed E-state index contributed by atoms with van der Waals surface area (Å²) < 4.78 is 34.4. The molecule has 0 atom stereocenters. The van der Waals surface area contributed by atoms with E-state index in [4.69, 9.17) is 5.73 Å². The van der Waals surface area contributed by atoms with Crippen LogP contribution in [0, 0.1) is 0 Å². The van der Waals surface area contributed by atoms with E-state index in [2.05, 4.69) is 6.58 Å². The molecule has 0 aromatic carbocycles. The highest BCUT2D eigenvalue weighted by molar-refractivity contribution is 4.95. The van der Waals surface area contributed by atoms with Gasteiger partial charge in [0.05, 0.1) is 0 Å². The van der Waals surface area contributed by atoms with Crippen molar-refractivity contribution in [3.8, 4) is 0 Å². The maximum atomic E-state index is 11.5. The van der Waals surface area contributed by atoms with Crippen LogP contribution in [-0.4, -0.2) is 12.7 Å². The van der Waals surface area contributed by atoms with Crippen molar-refractivity contribution in [3.05, 3.63) is 12.2 Å². The second kappa shape index (κ2) is 3.61. The minimum absolute atomic E-state index is 0.0556. The van der Waals surface area contributed by atoms with Crippen molar-refractivity contribution in [2.75, 3.05) is 6.54 Å². The number of nitrogens with two attached hydrogens (primary N) is 1. The fourth-order valence-corrected chi connectivity index (χ4v) is 0.421. The molecule has 0 amide bonds. The van der Waals surface area contributed by atoms with E-state index in [0.717, 1.165) is 0 Å². The third-order valence-electron chi connectivity index (χ3n) is 1.05. The summed E-state index contributed by atoms with van der Waals surface area (Å²) in [6.07, 6.45) is -4.96. The summed E-state index contributed by atoms with van der Waals surface area (Å²) in [6, 6.07) is 0. The van der Waals surface area contributed by atoms with Crippen molar-refractivity contribution in [2.24, 2.45) is 5.73 Å². The van der Waals surface area contributed by atoms with Crippen molar-refractivity contribution in [1.82, 2.24) is 0 Å². The average molecular weight is 153 g/mol. The lowest BCUT2D eigenvalue weighted by molar-refractivity contribution is -0.133.